The molecule has 0 amide bonds. The van der Waals surface area contributed by atoms with Gasteiger partial charge in [-0.15, -0.1) is 0 Å². The molecule has 0 aliphatic heterocycles. The van der Waals surface area contributed by atoms with Gasteiger partial charge in [0.25, 0.3) is 0 Å². The average molecular weight is 235 g/mol. The number of fused-ring (bicyclic) bond motifs is 1. The van der Waals surface area contributed by atoms with Crippen molar-refractivity contribution in [3.8, 4) is 0 Å². The molecule has 0 fully saturated rings. The maximum absolute atomic E-state index is 13.1. The van der Waals surface area contributed by atoms with Gasteiger partial charge in [0, 0.05) is 11.0 Å². The molecule has 3 nitrogen and oxygen atoms in total. The summed E-state index contributed by atoms with van der Waals surface area (Å²) in [5.74, 6) is 0.517. The van der Waals surface area contributed by atoms with Crippen molar-refractivity contribution in [2.75, 3.05) is 0 Å². The lowest BCUT2D eigenvalue weighted by molar-refractivity contribution is 0.293. The van der Waals surface area contributed by atoms with E-state index in [1.807, 2.05) is 27.7 Å². The molecule has 17 heavy (non-hydrogen) atoms. The Morgan fingerprint density at radius 3 is 2.47 bits per heavy atom. The Kier molecular flexibility index (Phi) is 2.51. The van der Waals surface area contributed by atoms with E-state index in [2.05, 4.69) is 9.97 Å². The second-order valence-corrected chi connectivity index (χ2v) is 5.59. The third-order valence-corrected chi connectivity index (χ3v) is 3.65. The first kappa shape index (κ1) is 12.0. The first-order chi connectivity index (χ1) is 7.72. The van der Waals surface area contributed by atoms with Crippen LogP contribution in [0.4, 0.5) is 4.39 Å². The van der Waals surface area contributed by atoms with Crippen LogP contribution in [-0.4, -0.2) is 15.5 Å². The van der Waals surface area contributed by atoms with Gasteiger partial charge in [0.1, 0.15) is 11.6 Å². The fraction of sp³-hybridized carbons (Fsp3) is 0.462. The topological polar surface area (TPSA) is 54.7 Å². The van der Waals surface area contributed by atoms with Crippen molar-refractivity contribution in [2.45, 2.75) is 38.6 Å². The highest BCUT2D eigenvalue weighted by atomic mass is 19.1. The van der Waals surface area contributed by atoms with Crippen LogP contribution in [0.15, 0.2) is 18.2 Å². The molecule has 1 heterocycles. The number of H-pyrrole nitrogens is 1. The van der Waals surface area contributed by atoms with Crippen LogP contribution in [0.2, 0.25) is 0 Å². The van der Waals surface area contributed by atoms with Crippen LogP contribution in [0.5, 0.6) is 0 Å². The molecule has 0 atom stereocenters. The van der Waals surface area contributed by atoms with Gasteiger partial charge in [-0.1, -0.05) is 13.8 Å². The van der Waals surface area contributed by atoms with E-state index >= 15 is 0 Å². The zero-order valence-electron chi connectivity index (χ0n) is 10.6. The van der Waals surface area contributed by atoms with E-state index in [9.17, 15) is 4.39 Å². The van der Waals surface area contributed by atoms with Gasteiger partial charge in [-0.25, -0.2) is 9.37 Å². The Balaban J connectivity index is 2.57. The van der Waals surface area contributed by atoms with E-state index in [4.69, 9.17) is 5.73 Å². The number of nitrogens with one attached hydrogen (secondary N) is 1. The molecule has 0 unspecified atom stereocenters. The molecule has 3 N–H and O–H groups in total. The molecule has 1 aromatic heterocycles. The van der Waals surface area contributed by atoms with Gasteiger partial charge in [0.05, 0.1) is 11.0 Å². The average Bonchev–Trinajstić information content (AvgIpc) is 2.58. The summed E-state index contributed by atoms with van der Waals surface area (Å²) >= 11 is 0. The first-order valence-electron chi connectivity index (χ1n) is 5.66. The summed E-state index contributed by atoms with van der Waals surface area (Å²) in [7, 11) is 0. The van der Waals surface area contributed by atoms with Crippen LogP contribution in [0.1, 0.15) is 33.5 Å². The van der Waals surface area contributed by atoms with E-state index < -0.39 is 5.54 Å². The number of halogens is 1. The number of rotatable bonds is 2. The van der Waals surface area contributed by atoms with Gasteiger partial charge in [0.15, 0.2) is 0 Å². The molecule has 92 valence electrons. The van der Waals surface area contributed by atoms with Crippen molar-refractivity contribution >= 4 is 11.0 Å². The normalized spacial score (nSPS) is 13.3. The van der Waals surface area contributed by atoms with Crippen molar-refractivity contribution in [1.82, 2.24) is 9.97 Å². The largest absolute Gasteiger partial charge is 0.341 e. The maximum atomic E-state index is 13.1. The van der Waals surface area contributed by atoms with Gasteiger partial charge in [-0.05, 0) is 32.0 Å². The quantitative estimate of drug-likeness (QED) is 0.840. The molecule has 0 spiro atoms. The van der Waals surface area contributed by atoms with Crippen molar-refractivity contribution < 1.29 is 4.39 Å². The predicted octanol–water partition coefficient (Wildman–Crippen LogP) is 2.72. The Bertz CT molecular complexity index is 549. The second kappa shape index (κ2) is 3.53. The minimum atomic E-state index is -0.417. The molecule has 0 saturated heterocycles. The van der Waals surface area contributed by atoms with Gasteiger partial charge in [-0.3, -0.25) is 0 Å². The summed E-state index contributed by atoms with van der Waals surface area (Å²) in [6.45, 7) is 7.98. The predicted molar refractivity (Wildman–Crippen MR) is 67.3 cm³/mol. The Labute approximate surface area is 100 Å². The van der Waals surface area contributed by atoms with Crippen LogP contribution < -0.4 is 5.73 Å². The Hall–Kier alpha value is -1.42. The summed E-state index contributed by atoms with van der Waals surface area (Å²) in [4.78, 5) is 7.64. The van der Waals surface area contributed by atoms with E-state index in [1.165, 1.54) is 12.1 Å². The number of benzene rings is 1. The minimum Gasteiger partial charge on any atom is -0.341 e. The number of imidazole rings is 1. The van der Waals surface area contributed by atoms with Crippen molar-refractivity contribution in [3.05, 3.63) is 29.8 Å². The molecular formula is C13H18FN3. The Morgan fingerprint density at radius 1 is 1.24 bits per heavy atom. The zero-order valence-corrected chi connectivity index (χ0v) is 10.6. The standard InChI is InChI=1S/C13H18FN3/c1-12(2,13(3,4)15)11-16-9-6-5-8(14)7-10(9)17-11/h5-7H,15H2,1-4H3,(H,16,17). The Morgan fingerprint density at radius 2 is 1.88 bits per heavy atom. The first-order valence-corrected chi connectivity index (χ1v) is 5.66. The van der Waals surface area contributed by atoms with Crippen molar-refractivity contribution in [3.63, 3.8) is 0 Å². The maximum Gasteiger partial charge on any atom is 0.125 e. The van der Waals surface area contributed by atoms with Gasteiger partial charge in [-0.2, -0.15) is 0 Å². The van der Waals surface area contributed by atoms with Crippen LogP contribution in [0.25, 0.3) is 11.0 Å². The molecule has 0 aliphatic carbocycles. The molecule has 1 aromatic carbocycles. The molecular weight excluding hydrogens is 217 g/mol. The molecule has 0 aliphatic rings. The monoisotopic (exact) mass is 235 g/mol. The fourth-order valence-corrected chi connectivity index (χ4v) is 1.58. The SMILES string of the molecule is CC(C)(N)C(C)(C)c1nc2ccc(F)cc2[nH]1. The number of aromatic nitrogens is 2. The third kappa shape index (κ3) is 1.93. The summed E-state index contributed by atoms with van der Waals surface area (Å²) in [6.07, 6.45) is 0. The smallest absolute Gasteiger partial charge is 0.125 e. The highest BCUT2D eigenvalue weighted by molar-refractivity contribution is 5.75. The third-order valence-electron chi connectivity index (χ3n) is 3.65. The minimum absolute atomic E-state index is 0.266. The number of nitrogens with zero attached hydrogens (tertiary/aromatic N) is 1. The molecule has 0 saturated carbocycles. The summed E-state index contributed by atoms with van der Waals surface area (Å²) < 4.78 is 13.1. The van der Waals surface area contributed by atoms with Crippen LogP contribution >= 0.6 is 0 Å². The number of hydrogen-bond acceptors (Lipinski definition) is 2. The zero-order chi connectivity index (χ0) is 12.8. The number of aromatic amines is 1. The highest BCUT2D eigenvalue weighted by Crippen LogP contribution is 2.32. The van der Waals surface area contributed by atoms with Crippen LogP contribution in [0, 0.1) is 5.82 Å². The number of nitrogens with two attached hydrogens (primary N) is 1. The van der Waals surface area contributed by atoms with E-state index in [1.54, 1.807) is 6.07 Å². The van der Waals surface area contributed by atoms with E-state index in [0.717, 1.165) is 11.3 Å². The molecule has 0 bridgehead atoms. The highest BCUT2D eigenvalue weighted by Gasteiger charge is 2.37. The van der Waals surface area contributed by atoms with E-state index in [0.29, 0.717) is 5.52 Å². The second-order valence-electron chi connectivity index (χ2n) is 5.59. The lowest BCUT2D eigenvalue weighted by Crippen LogP contribution is -2.50. The van der Waals surface area contributed by atoms with Crippen molar-refractivity contribution in [1.29, 1.82) is 0 Å². The molecule has 4 heteroatoms. The summed E-state index contributed by atoms with van der Waals surface area (Å²) in [5.41, 5.74) is 6.90. The van der Waals surface area contributed by atoms with Crippen molar-refractivity contribution in [2.24, 2.45) is 5.73 Å². The van der Waals surface area contributed by atoms with Crippen LogP contribution in [0.3, 0.4) is 0 Å². The van der Waals surface area contributed by atoms with Gasteiger partial charge in [0.2, 0.25) is 0 Å². The molecule has 2 aromatic rings. The fourth-order valence-electron chi connectivity index (χ4n) is 1.58. The number of hydrogen-bond donors (Lipinski definition) is 2. The summed E-state index contributed by atoms with van der Waals surface area (Å²) in [5, 5.41) is 0. The van der Waals surface area contributed by atoms with Gasteiger partial charge < -0.3 is 10.7 Å². The van der Waals surface area contributed by atoms with Crippen LogP contribution in [-0.2, 0) is 5.41 Å². The molecule has 0 radical (unpaired) electrons. The van der Waals surface area contributed by atoms with Gasteiger partial charge >= 0.3 is 0 Å². The van der Waals surface area contributed by atoms with E-state index in [-0.39, 0.29) is 11.2 Å². The molecule has 2 rings (SSSR count). The lowest BCUT2D eigenvalue weighted by Gasteiger charge is -2.36. The summed E-state index contributed by atoms with van der Waals surface area (Å²) in [6, 6.07) is 4.53. The lowest BCUT2D eigenvalue weighted by atomic mass is 9.74.